The summed E-state index contributed by atoms with van der Waals surface area (Å²) in [5.41, 5.74) is 1.67. The summed E-state index contributed by atoms with van der Waals surface area (Å²) in [6.07, 6.45) is 4.22. The summed E-state index contributed by atoms with van der Waals surface area (Å²) in [6, 6.07) is 19.2. The molecular weight excluding hydrogens is 416 g/mol. The van der Waals surface area contributed by atoms with Crippen LogP contribution in [0.1, 0.15) is 36.8 Å². The van der Waals surface area contributed by atoms with Gasteiger partial charge in [-0.1, -0.05) is 12.1 Å². The van der Waals surface area contributed by atoms with Crippen molar-refractivity contribution < 1.29 is 13.9 Å². The average Bonchev–Trinajstić information content (AvgIpc) is 3.58. The van der Waals surface area contributed by atoms with Gasteiger partial charge in [0, 0.05) is 30.0 Å². The van der Waals surface area contributed by atoms with Gasteiger partial charge in [0.1, 0.15) is 23.2 Å². The van der Waals surface area contributed by atoms with Crippen molar-refractivity contribution >= 4 is 28.3 Å². The second-order valence-corrected chi connectivity index (χ2v) is 8.22. The molecule has 2 aromatic carbocycles. The molecule has 4 aromatic rings. The Morgan fingerprint density at radius 3 is 2.64 bits per heavy atom. The van der Waals surface area contributed by atoms with E-state index in [2.05, 4.69) is 10.2 Å². The number of aromatic nitrogens is 2. The summed E-state index contributed by atoms with van der Waals surface area (Å²) in [6.45, 7) is 1.02. The van der Waals surface area contributed by atoms with Gasteiger partial charge in [-0.2, -0.15) is 0 Å². The highest BCUT2D eigenvalue weighted by molar-refractivity contribution is 5.92. The van der Waals surface area contributed by atoms with Crippen LogP contribution in [0.5, 0.6) is 5.75 Å². The van der Waals surface area contributed by atoms with E-state index in [4.69, 9.17) is 19.1 Å². The number of furan rings is 1. The Labute approximate surface area is 192 Å². The number of hydrogen-bond donors (Lipinski definition) is 1. The van der Waals surface area contributed by atoms with Gasteiger partial charge in [-0.3, -0.25) is 4.79 Å². The van der Waals surface area contributed by atoms with Crippen molar-refractivity contribution in [2.24, 2.45) is 0 Å². The second kappa shape index (κ2) is 9.32. The Hall–Kier alpha value is -3.87. The molecule has 7 heteroatoms. The lowest BCUT2D eigenvalue weighted by Crippen LogP contribution is -2.28. The van der Waals surface area contributed by atoms with Crippen molar-refractivity contribution in [1.29, 1.82) is 0 Å². The van der Waals surface area contributed by atoms with Crippen LogP contribution in [0.15, 0.2) is 71.3 Å². The topological polar surface area (TPSA) is 80.5 Å². The van der Waals surface area contributed by atoms with Crippen LogP contribution in [-0.2, 0) is 11.3 Å². The standard InChI is InChI=1S/C26H26N4O3/c1-32-20-12-10-19(11-13-20)27-24(31)14-15-30(17-21-5-4-16-33-21)26-22-6-2-3-7-23(22)28-25(29-26)18-8-9-18/h2-7,10-13,16,18H,8-9,14-15,17H2,1H3,(H,27,31). The first kappa shape index (κ1) is 21.0. The number of nitrogens with zero attached hydrogens (tertiary/aromatic N) is 3. The second-order valence-electron chi connectivity index (χ2n) is 8.22. The minimum Gasteiger partial charge on any atom is -0.497 e. The molecule has 2 aromatic heterocycles. The first-order valence-corrected chi connectivity index (χ1v) is 11.2. The molecule has 0 aliphatic heterocycles. The SMILES string of the molecule is COc1ccc(NC(=O)CCN(Cc2ccco2)c2nc(C3CC3)nc3ccccc23)cc1. The maximum Gasteiger partial charge on any atom is 0.226 e. The van der Waals surface area contributed by atoms with Crippen molar-refractivity contribution in [2.75, 3.05) is 23.9 Å². The van der Waals surface area contributed by atoms with Crippen LogP contribution in [0.4, 0.5) is 11.5 Å². The lowest BCUT2D eigenvalue weighted by Gasteiger charge is -2.24. The van der Waals surface area contributed by atoms with Gasteiger partial charge >= 0.3 is 0 Å². The Morgan fingerprint density at radius 2 is 1.91 bits per heavy atom. The van der Waals surface area contributed by atoms with E-state index >= 15 is 0 Å². The highest BCUT2D eigenvalue weighted by Crippen LogP contribution is 2.40. The fraction of sp³-hybridized carbons (Fsp3) is 0.269. The molecule has 0 saturated heterocycles. The normalized spacial score (nSPS) is 13.1. The highest BCUT2D eigenvalue weighted by Gasteiger charge is 2.28. The van der Waals surface area contributed by atoms with Crippen molar-refractivity contribution in [3.8, 4) is 5.75 Å². The molecule has 0 bridgehead atoms. The maximum atomic E-state index is 12.7. The molecule has 7 nitrogen and oxygen atoms in total. The summed E-state index contributed by atoms with van der Waals surface area (Å²) in [5.74, 6) is 3.66. The quantitative estimate of drug-likeness (QED) is 0.386. The summed E-state index contributed by atoms with van der Waals surface area (Å²) < 4.78 is 10.8. The number of benzene rings is 2. The van der Waals surface area contributed by atoms with E-state index in [9.17, 15) is 4.79 Å². The average molecular weight is 443 g/mol. The zero-order chi connectivity index (χ0) is 22.6. The molecule has 1 amide bonds. The number of ether oxygens (including phenoxy) is 1. The van der Waals surface area contributed by atoms with Gasteiger partial charge < -0.3 is 19.4 Å². The van der Waals surface area contributed by atoms with Gasteiger partial charge in [-0.25, -0.2) is 9.97 Å². The Balaban J connectivity index is 1.39. The Morgan fingerprint density at radius 1 is 1.09 bits per heavy atom. The van der Waals surface area contributed by atoms with Gasteiger partial charge in [0.2, 0.25) is 5.91 Å². The Kier molecular flexibility index (Phi) is 5.93. The number of amides is 1. The minimum absolute atomic E-state index is 0.0645. The van der Waals surface area contributed by atoms with Crippen LogP contribution in [-0.4, -0.2) is 29.5 Å². The molecule has 1 aliphatic carbocycles. The van der Waals surface area contributed by atoms with Crippen molar-refractivity contribution in [2.45, 2.75) is 31.7 Å². The molecule has 2 heterocycles. The van der Waals surface area contributed by atoms with Gasteiger partial charge in [0.15, 0.2) is 0 Å². The van der Waals surface area contributed by atoms with Crippen LogP contribution in [0.3, 0.4) is 0 Å². The van der Waals surface area contributed by atoms with E-state index in [0.29, 0.717) is 25.4 Å². The predicted molar refractivity (Wildman–Crippen MR) is 128 cm³/mol. The summed E-state index contributed by atoms with van der Waals surface area (Å²) in [4.78, 5) is 24.6. The first-order chi connectivity index (χ1) is 16.2. The minimum atomic E-state index is -0.0645. The van der Waals surface area contributed by atoms with Crippen LogP contribution < -0.4 is 15.0 Å². The molecule has 168 valence electrons. The van der Waals surface area contributed by atoms with Gasteiger partial charge in [-0.15, -0.1) is 0 Å². The molecule has 5 rings (SSSR count). The highest BCUT2D eigenvalue weighted by atomic mass is 16.5. The fourth-order valence-electron chi connectivity index (χ4n) is 3.83. The molecule has 1 fully saturated rings. The molecular formula is C26H26N4O3. The number of rotatable bonds is 9. The third kappa shape index (κ3) is 4.98. The van der Waals surface area contributed by atoms with E-state index in [-0.39, 0.29) is 5.91 Å². The monoisotopic (exact) mass is 442 g/mol. The smallest absolute Gasteiger partial charge is 0.226 e. The molecule has 0 atom stereocenters. The van der Waals surface area contributed by atoms with Gasteiger partial charge in [0.25, 0.3) is 0 Å². The van der Waals surface area contributed by atoms with Gasteiger partial charge in [-0.05, 0) is 61.4 Å². The molecule has 33 heavy (non-hydrogen) atoms. The number of nitrogens with one attached hydrogen (secondary N) is 1. The summed E-state index contributed by atoms with van der Waals surface area (Å²) in [5, 5.41) is 3.93. The van der Waals surface area contributed by atoms with Crippen LogP contribution in [0.25, 0.3) is 10.9 Å². The van der Waals surface area contributed by atoms with Crippen LogP contribution in [0, 0.1) is 0 Å². The number of para-hydroxylation sites is 1. The van der Waals surface area contributed by atoms with Crippen LogP contribution >= 0.6 is 0 Å². The number of fused-ring (bicyclic) bond motifs is 1. The summed E-state index contributed by atoms with van der Waals surface area (Å²) in [7, 11) is 1.62. The maximum absolute atomic E-state index is 12.7. The van der Waals surface area contributed by atoms with Crippen LogP contribution in [0.2, 0.25) is 0 Å². The molecule has 1 saturated carbocycles. The van der Waals surface area contributed by atoms with E-state index in [1.807, 2.05) is 60.7 Å². The fourth-order valence-corrected chi connectivity index (χ4v) is 3.83. The molecule has 0 unspecified atom stereocenters. The largest absolute Gasteiger partial charge is 0.497 e. The number of hydrogen-bond acceptors (Lipinski definition) is 6. The zero-order valence-electron chi connectivity index (χ0n) is 18.5. The number of carbonyl (C=O) groups is 1. The molecule has 0 radical (unpaired) electrons. The number of carbonyl (C=O) groups excluding carboxylic acids is 1. The van der Waals surface area contributed by atoms with Crippen molar-refractivity contribution in [3.05, 3.63) is 78.5 Å². The number of anilines is 2. The molecule has 0 spiro atoms. The molecule has 1 aliphatic rings. The van der Waals surface area contributed by atoms with Gasteiger partial charge in [0.05, 0.1) is 25.4 Å². The van der Waals surface area contributed by atoms with E-state index < -0.39 is 0 Å². The van der Waals surface area contributed by atoms with E-state index in [0.717, 1.165) is 52.6 Å². The number of methoxy groups -OCH3 is 1. The lowest BCUT2D eigenvalue weighted by molar-refractivity contribution is -0.116. The predicted octanol–water partition coefficient (Wildman–Crippen LogP) is 5.14. The third-order valence-corrected chi connectivity index (χ3v) is 5.75. The Bertz CT molecular complexity index is 1230. The van der Waals surface area contributed by atoms with Crippen molar-refractivity contribution in [3.63, 3.8) is 0 Å². The summed E-state index contributed by atoms with van der Waals surface area (Å²) >= 11 is 0. The zero-order valence-corrected chi connectivity index (χ0v) is 18.5. The van der Waals surface area contributed by atoms with Crippen molar-refractivity contribution in [1.82, 2.24) is 9.97 Å². The lowest BCUT2D eigenvalue weighted by atomic mass is 10.2. The molecule has 1 N–H and O–H groups in total. The van der Waals surface area contributed by atoms with E-state index in [1.165, 1.54) is 0 Å². The first-order valence-electron chi connectivity index (χ1n) is 11.2. The van der Waals surface area contributed by atoms with E-state index in [1.54, 1.807) is 13.4 Å². The third-order valence-electron chi connectivity index (χ3n) is 5.75.